The Balaban J connectivity index is 1.66. The van der Waals surface area contributed by atoms with Crippen molar-refractivity contribution in [2.75, 3.05) is 19.8 Å². The number of hydrogen-bond donors (Lipinski definition) is 1. The third kappa shape index (κ3) is 5.81. The fourth-order valence-corrected chi connectivity index (χ4v) is 4.33. The number of benzene rings is 1. The summed E-state index contributed by atoms with van der Waals surface area (Å²) in [4.78, 5) is 10.6. The number of carboxylic acids is 1. The Labute approximate surface area is 178 Å². The minimum atomic E-state index is -0.929. The first-order chi connectivity index (χ1) is 14.1. The van der Waals surface area contributed by atoms with Gasteiger partial charge in [-0.05, 0) is 53.4 Å². The van der Waals surface area contributed by atoms with Crippen molar-refractivity contribution in [2.45, 2.75) is 32.2 Å². The SMILES string of the molecule is N#CCOc1c(Br)c(-c2ccccc2)nn1C[C@H]1CC[C@H](COCC(=O)O)CC1. The van der Waals surface area contributed by atoms with Crippen molar-refractivity contribution < 1.29 is 19.4 Å². The van der Waals surface area contributed by atoms with Gasteiger partial charge in [-0.2, -0.15) is 10.4 Å². The molecule has 29 heavy (non-hydrogen) atoms. The number of nitrogens with zero attached hydrogens (tertiary/aromatic N) is 3. The van der Waals surface area contributed by atoms with Gasteiger partial charge in [0.1, 0.15) is 22.8 Å². The molecule has 7 nitrogen and oxygen atoms in total. The Bertz CT molecular complexity index is 855. The Morgan fingerprint density at radius 3 is 2.59 bits per heavy atom. The van der Waals surface area contributed by atoms with Gasteiger partial charge in [-0.15, -0.1) is 0 Å². The Hall–Kier alpha value is -2.37. The van der Waals surface area contributed by atoms with Gasteiger partial charge < -0.3 is 14.6 Å². The summed E-state index contributed by atoms with van der Waals surface area (Å²) in [6.45, 7) is 0.950. The summed E-state index contributed by atoms with van der Waals surface area (Å²) < 4.78 is 13.5. The van der Waals surface area contributed by atoms with Crippen LogP contribution in [0.3, 0.4) is 0 Å². The van der Waals surface area contributed by atoms with E-state index < -0.39 is 5.97 Å². The van der Waals surface area contributed by atoms with E-state index in [1.165, 1.54) is 0 Å². The lowest BCUT2D eigenvalue weighted by molar-refractivity contribution is -0.142. The number of aliphatic carboxylic acids is 1. The van der Waals surface area contributed by atoms with Crippen LogP contribution in [0.2, 0.25) is 0 Å². The molecule has 8 heteroatoms. The smallest absolute Gasteiger partial charge is 0.329 e. The minimum Gasteiger partial charge on any atom is -0.480 e. The average molecular weight is 462 g/mol. The quantitative estimate of drug-likeness (QED) is 0.602. The van der Waals surface area contributed by atoms with Crippen LogP contribution in [0.15, 0.2) is 34.8 Å². The van der Waals surface area contributed by atoms with Gasteiger partial charge in [-0.1, -0.05) is 30.3 Å². The third-order valence-electron chi connectivity index (χ3n) is 5.15. The van der Waals surface area contributed by atoms with Crippen LogP contribution >= 0.6 is 15.9 Å². The van der Waals surface area contributed by atoms with E-state index in [-0.39, 0.29) is 13.2 Å². The number of carbonyl (C=O) groups is 1. The zero-order chi connectivity index (χ0) is 20.6. The van der Waals surface area contributed by atoms with E-state index in [1.807, 2.05) is 41.1 Å². The second kappa shape index (κ2) is 10.4. The number of ether oxygens (including phenoxy) is 2. The Kier molecular flexibility index (Phi) is 7.67. The molecule has 1 heterocycles. The van der Waals surface area contributed by atoms with Gasteiger partial charge in [-0.25, -0.2) is 9.48 Å². The van der Waals surface area contributed by atoms with Gasteiger partial charge in [0.15, 0.2) is 6.61 Å². The molecule has 0 atom stereocenters. The summed E-state index contributed by atoms with van der Waals surface area (Å²) in [6.07, 6.45) is 4.06. The number of rotatable bonds is 9. The highest BCUT2D eigenvalue weighted by atomic mass is 79.9. The van der Waals surface area contributed by atoms with E-state index in [9.17, 15) is 4.79 Å². The molecule has 3 rings (SSSR count). The standard InChI is InChI=1S/C21H24BrN3O4/c22-19-20(17-4-2-1-3-5-17)24-25(21(19)29-11-10-23)12-15-6-8-16(9-7-15)13-28-14-18(26)27/h1-5,15-16H,6-9,11-14H2,(H,26,27)/t15-,16-. The summed E-state index contributed by atoms with van der Waals surface area (Å²) in [5, 5.41) is 22.4. The highest BCUT2D eigenvalue weighted by molar-refractivity contribution is 9.10. The van der Waals surface area contributed by atoms with Crippen molar-refractivity contribution >= 4 is 21.9 Å². The molecule has 1 aliphatic rings. The van der Waals surface area contributed by atoms with Crippen LogP contribution in [0, 0.1) is 23.2 Å². The topological polar surface area (TPSA) is 97.4 Å². The molecule has 1 fully saturated rings. The van der Waals surface area contributed by atoms with Crippen molar-refractivity contribution in [1.82, 2.24) is 9.78 Å². The molecule has 1 N–H and O–H groups in total. The molecule has 2 aromatic rings. The molecule has 154 valence electrons. The Morgan fingerprint density at radius 1 is 1.24 bits per heavy atom. The highest BCUT2D eigenvalue weighted by Crippen LogP contribution is 2.37. The van der Waals surface area contributed by atoms with Crippen molar-refractivity contribution in [3.63, 3.8) is 0 Å². The molecular formula is C21H24BrN3O4. The molecule has 0 bridgehead atoms. The molecule has 1 saturated carbocycles. The summed E-state index contributed by atoms with van der Waals surface area (Å²) >= 11 is 3.60. The second-order valence-electron chi connectivity index (χ2n) is 7.26. The van der Waals surface area contributed by atoms with Crippen LogP contribution in [-0.2, 0) is 16.1 Å². The van der Waals surface area contributed by atoms with E-state index in [1.54, 1.807) is 0 Å². The maximum Gasteiger partial charge on any atom is 0.329 e. The van der Waals surface area contributed by atoms with E-state index in [0.717, 1.165) is 48.0 Å². The van der Waals surface area contributed by atoms with Crippen molar-refractivity contribution in [3.8, 4) is 23.2 Å². The highest BCUT2D eigenvalue weighted by Gasteiger charge is 2.25. The first kappa shape index (κ1) is 21.3. The molecule has 0 aliphatic heterocycles. The molecule has 0 spiro atoms. The predicted octanol–water partition coefficient (Wildman–Crippen LogP) is 4.12. The van der Waals surface area contributed by atoms with Gasteiger partial charge in [0.05, 0.1) is 6.61 Å². The van der Waals surface area contributed by atoms with Gasteiger partial charge >= 0.3 is 5.97 Å². The van der Waals surface area contributed by atoms with Crippen LogP contribution in [0.1, 0.15) is 25.7 Å². The van der Waals surface area contributed by atoms with Gasteiger partial charge in [0, 0.05) is 12.1 Å². The molecule has 0 saturated heterocycles. The predicted molar refractivity (Wildman–Crippen MR) is 110 cm³/mol. The molecule has 1 aromatic heterocycles. The summed E-state index contributed by atoms with van der Waals surface area (Å²) in [5.41, 5.74) is 1.79. The summed E-state index contributed by atoms with van der Waals surface area (Å²) in [7, 11) is 0. The van der Waals surface area contributed by atoms with Crippen molar-refractivity contribution in [1.29, 1.82) is 5.26 Å². The summed E-state index contributed by atoms with van der Waals surface area (Å²) in [5.74, 6) is 0.508. The lowest BCUT2D eigenvalue weighted by Gasteiger charge is -2.28. The van der Waals surface area contributed by atoms with Crippen LogP contribution in [0.25, 0.3) is 11.3 Å². The van der Waals surface area contributed by atoms with E-state index in [2.05, 4.69) is 15.9 Å². The minimum absolute atomic E-state index is 0.0355. The van der Waals surface area contributed by atoms with Crippen LogP contribution < -0.4 is 4.74 Å². The van der Waals surface area contributed by atoms with Crippen LogP contribution in [0.4, 0.5) is 0 Å². The first-order valence-corrected chi connectivity index (χ1v) is 10.5. The van der Waals surface area contributed by atoms with Crippen molar-refractivity contribution in [2.24, 2.45) is 11.8 Å². The average Bonchev–Trinajstić information content (AvgIpc) is 3.03. The third-order valence-corrected chi connectivity index (χ3v) is 5.86. The lowest BCUT2D eigenvalue weighted by Crippen LogP contribution is -2.23. The summed E-state index contributed by atoms with van der Waals surface area (Å²) in [6, 6.07) is 11.9. The molecule has 0 amide bonds. The van der Waals surface area contributed by atoms with Crippen LogP contribution in [-0.4, -0.2) is 40.7 Å². The number of halogens is 1. The zero-order valence-corrected chi connectivity index (χ0v) is 17.7. The van der Waals surface area contributed by atoms with Gasteiger partial charge in [0.25, 0.3) is 0 Å². The van der Waals surface area contributed by atoms with Crippen molar-refractivity contribution in [3.05, 3.63) is 34.8 Å². The molecule has 1 aromatic carbocycles. The Morgan fingerprint density at radius 2 is 1.93 bits per heavy atom. The maximum absolute atomic E-state index is 10.6. The van der Waals surface area contributed by atoms with E-state index in [0.29, 0.717) is 24.3 Å². The number of aromatic nitrogens is 2. The lowest BCUT2D eigenvalue weighted by atomic mass is 9.82. The van der Waals surface area contributed by atoms with Gasteiger partial charge in [0.2, 0.25) is 5.88 Å². The number of hydrogen-bond acceptors (Lipinski definition) is 5. The van der Waals surface area contributed by atoms with Crippen LogP contribution in [0.5, 0.6) is 5.88 Å². The fraction of sp³-hybridized carbons (Fsp3) is 0.476. The monoisotopic (exact) mass is 461 g/mol. The zero-order valence-electron chi connectivity index (χ0n) is 16.1. The molecule has 0 radical (unpaired) electrons. The van der Waals surface area contributed by atoms with E-state index in [4.69, 9.17) is 24.9 Å². The molecule has 1 aliphatic carbocycles. The molecule has 0 unspecified atom stereocenters. The fourth-order valence-electron chi connectivity index (χ4n) is 3.71. The normalized spacial score (nSPS) is 18.9. The van der Waals surface area contributed by atoms with E-state index >= 15 is 0 Å². The molecular weight excluding hydrogens is 438 g/mol. The number of nitriles is 1. The number of carboxylic acid groups (broad SMARTS) is 1. The second-order valence-corrected chi connectivity index (χ2v) is 8.05. The largest absolute Gasteiger partial charge is 0.480 e. The van der Waals surface area contributed by atoms with Gasteiger partial charge in [-0.3, -0.25) is 0 Å². The maximum atomic E-state index is 10.6. The first-order valence-electron chi connectivity index (χ1n) is 9.69.